The summed E-state index contributed by atoms with van der Waals surface area (Å²) in [5, 5.41) is 12.1. The van der Waals surface area contributed by atoms with E-state index in [4.69, 9.17) is 5.26 Å². The lowest BCUT2D eigenvalue weighted by Gasteiger charge is -2.28. The molecule has 0 saturated heterocycles. The Morgan fingerprint density at radius 2 is 2.29 bits per heavy atom. The van der Waals surface area contributed by atoms with Crippen molar-refractivity contribution in [2.45, 2.75) is 25.9 Å². The number of benzene rings is 1. The summed E-state index contributed by atoms with van der Waals surface area (Å²) in [6, 6.07) is 10.6. The normalized spacial score (nSPS) is 17.6. The molecule has 1 heterocycles. The Labute approximate surface area is 126 Å². The van der Waals surface area contributed by atoms with E-state index in [1.807, 2.05) is 12.1 Å². The van der Waals surface area contributed by atoms with Crippen molar-refractivity contribution in [3.05, 3.63) is 29.8 Å². The molecule has 1 aromatic rings. The fourth-order valence-corrected chi connectivity index (χ4v) is 2.52. The van der Waals surface area contributed by atoms with Crippen LogP contribution in [-0.4, -0.2) is 43.5 Å². The number of nitriles is 1. The molecule has 0 aliphatic carbocycles. The molecule has 1 aliphatic rings. The van der Waals surface area contributed by atoms with Crippen LogP contribution in [0.4, 0.5) is 5.69 Å². The van der Waals surface area contributed by atoms with E-state index in [-0.39, 0.29) is 5.91 Å². The molecule has 2 rings (SSSR count). The molecule has 5 nitrogen and oxygen atoms in total. The maximum Gasteiger partial charge on any atom is 0.241 e. The predicted molar refractivity (Wildman–Crippen MR) is 82.8 cm³/mol. The number of carbonyl (C=O) groups excluding carboxylic acids is 1. The van der Waals surface area contributed by atoms with Gasteiger partial charge in [-0.2, -0.15) is 5.26 Å². The standard InChI is InChI=1S/C16H22N4O/c1-13-11-20(12-16(21)19(2)9-5-8-17)15-7-4-3-6-14(15)10-18-13/h3-4,6-7,13,18H,5,9-12H2,1-2H3. The molecule has 1 amide bonds. The molecule has 1 aromatic carbocycles. The first kappa shape index (κ1) is 15.3. The summed E-state index contributed by atoms with van der Waals surface area (Å²) in [7, 11) is 1.76. The van der Waals surface area contributed by atoms with E-state index in [2.05, 4.69) is 35.3 Å². The molecular weight excluding hydrogens is 264 g/mol. The molecule has 21 heavy (non-hydrogen) atoms. The van der Waals surface area contributed by atoms with Crippen LogP contribution in [0.2, 0.25) is 0 Å². The lowest BCUT2D eigenvalue weighted by Crippen LogP contribution is -2.43. The molecule has 0 fully saturated rings. The van der Waals surface area contributed by atoms with E-state index in [0.717, 1.165) is 18.8 Å². The molecule has 1 unspecified atom stereocenters. The van der Waals surface area contributed by atoms with Crippen molar-refractivity contribution in [1.82, 2.24) is 10.2 Å². The van der Waals surface area contributed by atoms with E-state index >= 15 is 0 Å². The SMILES string of the molecule is CC1CN(CC(=O)N(C)CCC#N)c2ccccc2CN1. The average molecular weight is 286 g/mol. The zero-order valence-corrected chi connectivity index (χ0v) is 12.7. The van der Waals surface area contributed by atoms with Crippen LogP contribution in [0.5, 0.6) is 0 Å². The summed E-state index contributed by atoms with van der Waals surface area (Å²) in [4.78, 5) is 16.1. The summed E-state index contributed by atoms with van der Waals surface area (Å²) in [6.07, 6.45) is 0.372. The van der Waals surface area contributed by atoms with Gasteiger partial charge in [0.2, 0.25) is 5.91 Å². The summed E-state index contributed by atoms with van der Waals surface area (Å²) in [5.74, 6) is 0.0501. The Bertz CT molecular complexity index is 537. The van der Waals surface area contributed by atoms with Crippen molar-refractivity contribution in [2.24, 2.45) is 0 Å². The minimum absolute atomic E-state index is 0.0501. The van der Waals surface area contributed by atoms with E-state index in [0.29, 0.717) is 25.6 Å². The van der Waals surface area contributed by atoms with E-state index in [9.17, 15) is 4.79 Å². The van der Waals surface area contributed by atoms with Gasteiger partial charge in [-0.3, -0.25) is 4.79 Å². The predicted octanol–water partition coefficient (Wildman–Crippen LogP) is 1.36. The number of amides is 1. The van der Waals surface area contributed by atoms with Gasteiger partial charge in [-0.05, 0) is 18.6 Å². The van der Waals surface area contributed by atoms with Crippen molar-refractivity contribution >= 4 is 11.6 Å². The summed E-state index contributed by atoms with van der Waals surface area (Å²) in [5.41, 5.74) is 2.34. The van der Waals surface area contributed by atoms with Gasteiger partial charge in [-0.25, -0.2) is 0 Å². The summed E-state index contributed by atoms with van der Waals surface area (Å²) in [6.45, 7) is 4.59. The van der Waals surface area contributed by atoms with Crippen LogP contribution in [0.25, 0.3) is 0 Å². The smallest absolute Gasteiger partial charge is 0.241 e. The number of carbonyl (C=O) groups is 1. The second kappa shape index (κ2) is 7.09. The van der Waals surface area contributed by atoms with Crippen molar-refractivity contribution in [3.63, 3.8) is 0 Å². The highest BCUT2D eigenvalue weighted by atomic mass is 16.2. The number of para-hydroxylation sites is 1. The van der Waals surface area contributed by atoms with Crippen molar-refractivity contribution < 1.29 is 4.79 Å². The molecule has 1 N–H and O–H groups in total. The topological polar surface area (TPSA) is 59.4 Å². The van der Waals surface area contributed by atoms with Gasteiger partial charge in [0.15, 0.2) is 0 Å². The number of fused-ring (bicyclic) bond motifs is 1. The molecule has 0 spiro atoms. The second-order valence-corrected chi connectivity index (χ2v) is 5.51. The molecule has 0 aromatic heterocycles. The molecule has 1 atom stereocenters. The molecule has 1 aliphatic heterocycles. The summed E-state index contributed by atoms with van der Waals surface area (Å²) >= 11 is 0. The Morgan fingerprint density at radius 1 is 1.52 bits per heavy atom. The average Bonchev–Trinajstić information content (AvgIpc) is 2.64. The third-order valence-corrected chi connectivity index (χ3v) is 3.78. The van der Waals surface area contributed by atoms with Crippen LogP contribution >= 0.6 is 0 Å². The minimum atomic E-state index is 0.0501. The van der Waals surface area contributed by atoms with Gasteiger partial charge in [-0.1, -0.05) is 18.2 Å². The van der Waals surface area contributed by atoms with Gasteiger partial charge in [0, 0.05) is 38.4 Å². The highest BCUT2D eigenvalue weighted by Crippen LogP contribution is 2.23. The molecule has 0 radical (unpaired) electrons. The lowest BCUT2D eigenvalue weighted by atomic mass is 10.1. The first-order chi connectivity index (χ1) is 10.1. The van der Waals surface area contributed by atoms with Gasteiger partial charge < -0.3 is 15.1 Å². The number of hydrogen-bond acceptors (Lipinski definition) is 4. The fraction of sp³-hybridized carbons (Fsp3) is 0.500. The van der Waals surface area contributed by atoms with E-state index in [1.165, 1.54) is 5.56 Å². The lowest BCUT2D eigenvalue weighted by molar-refractivity contribution is -0.128. The first-order valence-corrected chi connectivity index (χ1v) is 7.29. The second-order valence-electron chi connectivity index (χ2n) is 5.51. The maximum atomic E-state index is 12.3. The molecule has 0 bridgehead atoms. The largest absolute Gasteiger partial charge is 0.360 e. The Hall–Kier alpha value is -2.06. The number of nitrogens with zero attached hydrogens (tertiary/aromatic N) is 3. The third kappa shape index (κ3) is 3.96. The van der Waals surface area contributed by atoms with Crippen LogP contribution in [0, 0.1) is 11.3 Å². The minimum Gasteiger partial charge on any atom is -0.360 e. The van der Waals surface area contributed by atoms with Gasteiger partial charge in [0.05, 0.1) is 19.0 Å². The van der Waals surface area contributed by atoms with Gasteiger partial charge >= 0.3 is 0 Å². The quantitative estimate of drug-likeness (QED) is 0.908. The Kier molecular flexibility index (Phi) is 5.18. The number of hydrogen-bond donors (Lipinski definition) is 1. The van der Waals surface area contributed by atoms with Crippen LogP contribution in [-0.2, 0) is 11.3 Å². The van der Waals surface area contributed by atoms with Gasteiger partial charge in [0.25, 0.3) is 0 Å². The van der Waals surface area contributed by atoms with Crippen LogP contribution < -0.4 is 10.2 Å². The van der Waals surface area contributed by atoms with Crippen LogP contribution in [0.3, 0.4) is 0 Å². The molecular formula is C16H22N4O. The molecule has 112 valence electrons. The highest BCUT2D eigenvalue weighted by molar-refractivity contribution is 5.81. The number of anilines is 1. The van der Waals surface area contributed by atoms with Crippen molar-refractivity contribution in [2.75, 3.05) is 31.6 Å². The molecule has 5 heteroatoms. The number of likely N-dealkylation sites (N-methyl/N-ethyl adjacent to an activating group) is 1. The zero-order valence-electron chi connectivity index (χ0n) is 12.7. The Morgan fingerprint density at radius 3 is 3.05 bits per heavy atom. The summed E-state index contributed by atoms with van der Waals surface area (Å²) < 4.78 is 0. The third-order valence-electron chi connectivity index (χ3n) is 3.78. The Balaban J connectivity index is 2.11. The van der Waals surface area contributed by atoms with Crippen LogP contribution in [0.15, 0.2) is 24.3 Å². The van der Waals surface area contributed by atoms with E-state index in [1.54, 1.807) is 11.9 Å². The number of nitrogens with one attached hydrogen (secondary N) is 1. The fourth-order valence-electron chi connectivity index (χ4n) is 2.52. The monoisotopic (exact) mass is 286 g/mol. The highest BCUT2D eigenvalue weighted by Gasteiger charge is 2.21. The maximum absolute atomic E-state index is 12.3. The van der Waals surface area contributed by atoms with Crippen LogP contribution in [0.1, 0.15) is 18.9 Å². The molecule has 0 saturated carbocycles. The van der Waals surface area contributed by atoms with Gasteiger partial charge in [0.1, 0.15) is 0 Å². The van der Waals surface area contributed by atoms with Gasteiger partial charge in [-0.15, -0.1) is 0 Å². The van der Waals surface area contributed by atoms with E-state index < -0.39 is 0 Å². The van der Waals surface area contributed by atoms with Crippen molar-refractivity contribution in [3.8, 4) is 6.07 Å². The first-order valence-electron chi connectivity index (χ1n) is 7.29. The number of rotatable bonds is 4. The zero-order chi connectivity index (χ0) is 15.2. The van der Waals surface area contributed by atoms with Crippen molar-refractivity contribution in [1.29, 1.82) is 5.26 Å².